The third kappa shape index (κ3) is 3.28. The van der Waals surface area contributed by atoms with Gasteiger partial charge in [-0.15, -0.1) is 0 Å². The molecule has 21 heavy (non-hydrogen) atoms. The Morgan fingerprint density at radius 1 is 1.24 bits per heavy atom. The molecule has 1 aromatic rings. The molecule has 2 rings (SSSR count). The van der Waals surface area contributed by atoms with Crippen LogP contribution in [0.25, 0.3) is 0 Å². The quantitative estimate of drug-likeness (QED) is 0.886. The van der Waals surface area contributed by atoms with Crippen LogP contribution in [0.1, 0.15) is 41.3 Å². The van der Waals surface area contributed by atoms with Gasteiger partial charge in [-0.05, 0) is 56.9 Å². The van der Waals surface area contributed by atoms with E-state index in [0.717, 1.165) is 22.0 Å². The Labute approximate surface area is 133 Å². The molecule has 0 aliphatic carbocycles. The predicted octanol–water partition coefficient (Wildman–Crippen LogP) is 3.39. The number of hydrogen-bond acceptors (Lipinski definition) is 2. The van der Waals surface area contributed by atoms with Gasteiger partial charge in [0.2, 0.25) is 0 Å². The maximum absolute atomic E-state index is 12.8. The fourth-order valence-corrected chi connectivity index (χ4v) is 3.22. The highest BCUT2D eigenvalue weighted by atomic mass is 79.9. The van der Waals surface area contributed by atoms with Crippen LogP contribution in [0.5, 0.6) is 0 Å². The van der Waals surface area contributed by atoms with Gasteiger partial charge < -0.3 is 10.0 Å². The van der Waals surface area contributed by atoms with E-state index in [1.165, 1.54) is 0 Å². The average molecular weight is 354 g/mol. The van der Waals surface area contributed by atoms with Crippen molar-refractivity contribution in [1.82, 2.24) is 4.90 Å². The van der Waals surface area contributed by atoms with Gasteiger partial charge in [-0.2, -0.15) is 0 Å². The van der Waals surface area contributed by atoms with E-state index in [4.69, 9.17) is 0 Å². The molecule has 1 aliphatic heterocycles. The third-order valence-corrected chi connectivity index (χ3v) is 5.08. The van der Waals surface area contributed by atoms with Crippen LogP contribution in [0.3, 0.4) is 0 Å². The highest BCUT2D eigenvalue weighted by molar-refractivity contribution is 9.10. The molecule has 5 heteroatoms. The van der Waals surface area contributed by atoms with Crippen molar-refractivity contribution in [2.75, 3.05) is 6.54 Å². The first kappa shape index (κ1) is 16.0. The maximum Gasteiger partial charge on any atom is 0.308 e. The van der Waals surface area contributed by atoms with E-state index in [2.05, 4.69) is 15.9 Å². The number of likely N-dealkylation sites (tertiary alicyclic amines) is 1. The van der Waals surface area contributed by atoms with Crippen molar-refractivity contribution in [1.29, 1.82) is 0 Å². The zero-order chi connectivity index (χ0) is 15.7. The summed E-state index contributed by atoms with van der Waals surface area (Å²) < 4.78 is 0.978. The summed E-state index contributed by atoms with van der Waals surface area (Å²) in [7, 11) is 0. The zero-order valence-electron chi connectivity index (χ0n) is 12.5. The number of halogens is 1. The molecule has 2 unspecified atom stereocenters. The van der Waals surface area contributed by atoms with E-state index in [-0.39, 0.29) is 11.9 Å². The average Bonchev–Trinajstić information content (AvgIpc) is 2.42. The summed E-state index contributed by atoms with van der Waals surface area (Å²) in [6, 6.07) is 3.89. The Balaban J connectivity index is 2.30. The molecular weight excluding hydrogens is 334 g/mol. The van der Waals surface area contributed by atoms with Crippen LogP contribution in [0, 0.1) is 19.8 Å². The first-order chi connectivity index (χ1) is 9.81. The Bertz CT molecular complexity index is 585. The summed E-state index contributed by atoms with van der Waals surface area (Å²) in [6.45, 7) is 6.13. The molecule has 1 N–H and O–H groups in total. The number of carbonyl (C=O) groups is 2. The number of carbonyl (C=O) groups excluding carboxylic acids is 1. The van der Waals surface area contributed by atoms with Crippen molar-refractivity contribution in [3.8, 4) is 0 Å². The van der Waals surface area contributed by atoms with Gasteiger partial charge in [-0.3, -0.25) is 9.59 Å². The van der Waals surface area contributed by atoms with Crippen LogP contribution in [0.15, 0.2) is 16.6 Å². The van der Waals surface area contributed by atoms with Crippen molar-refractivity contribution in [3.05, 3.63) is 33.3 Å². The van der Waals surface area contributed by atoms with Crippen LogP contribution in [-0.2, 0) is 4.79 Å². The Hall–Kier alpha value is -1.36. The summed E-state index contributed by atoms with van der Waals surface area (Å²) >= 11 is 3.46. The van der Waals surface area contributed by atoms with E-state index in [9.17, 15) is 14.7 Å². The summed E-state index contributed by atoms with van der Waals surface area (Å²) in [5.74, 6) is -1.34. The molecule has 1 aromatic carbocycles. The van der Waals surface area contributed by atoms with Gasteiger partial charge in [0.05, 0.1) is 5.92 Å². The molecule has 0 radical (unpaired) electrons. The van der Waals surface area contributed by atoms with Gasteiger partial charge in [-0.25, -0.2) is 0 Å². The minimum absolute atomic E-state index is 0.0680. The molecule has 0 aromatic heterocycles. The topological polar surface area (TPSA) is 57.6 Å². The normalized spacial score (nSPS) is 22.2. The van der Waals surface area contributed by atoms with E-state index in [0.29, 0.717) is 18.5 Å². The first-order valence-corrected chi connectivity index (χ1v) is 7.91. The molecule has 0 saturated carbocycles. The van der Waals surface area contributed by atoms with Gasteiger partial charge in [-0.1, -0.05) is 15.9 Å². The lowest BCUT2D eigenvalue weighted by Crippen LogP contribution is -2.47. The predicted molar refractivity (Wildman–Crippen MR) is 84.5 cm³/mol. The maximum atomic E-state index is 12.8. The molecule has 2 atom stereocenters. The highest BCUT2D eigenvalue weighted by Crippen LogP contribution is 2.27. The Morgan fingerprint density at radius 2 is 1.90 bits per heavy atom. The second kappa shape index (κ2) is 6.18. The van der Waals surface area contributed by atoms with Gasteiger partial charge in [0.25, 0.3) is 5.91 Å². The van der Waals surface area contributed by atoms with Gasteiger partial charge in [0.1, 0.15) is 0 Å². The smallest absolute Gasteiger partial charge is 0.308 e. The van der Waals surface area contributed by atoms with Crippen molar-refractivity contribution >= 4 is 27.8 Å². The fourth-order valence-electron chi connectivity index (χ4n) is 2.76. The second-order valence-corrected chi connectivity index (χ2v) is 6.69. The summed E-state index contributed by atoms with van der Waals surface area (Å²) in [4.78, 5) is 25.7. The summed E-state index contributed by atoms with van der Waals surface area (Å²) in [5, 5.41) is 9.19. The number of amides is 1. The van der Waals surface area contributed by atoms with Crippen LogP contribution >= 0.6 is 15.9 Å². The molecule has 4 nitrogen and oxygen atoms in total. The standard InChI is InChI=1S/C16H20BrNO3/c1-9-7-14(17)10(2)6-13(9)15(19)18-8-12(16(20)21)5-4-11(18)3/h6-7,11-12H,4-5,8H2,1-3H3,(H,20,21). The second-order valence-electron chi connectivity index (χ2n) is 5.84. The van der Waals surface area contributed by atoms with E-state index < -0.39 is 11.9 Å². The Kier molecular flexibility index (Phi) is 4.71. The molecular formula is C16H20BrNO3. The van der Waals surface area contributed by atoms with Crippen molar-refractivity contribution in [2.24, 2.45) is 5.92 Å². The minimum Gasteiger partial charge on any atom is -0.481 e. The SMILES string of the molecule is Cc1cc(C(=O)N2CC(C(=O)O)CCC2C)c(C)cc1Br. The number of benzene rings is 1. The monoisotopic (exact) mass is 353 g/mol. The molecule has 1 fully saturated rings. The highest BCUT2D eigenvalue weighted by Gasteiger charge is 2.33. The largest absolute Gasteiger partial charge is 0.481 e. The number of hydrogen-bond donors (Lipinski definition) is 1. The van der Waals surface area contributed by atoms with E-state index in [1.54, 1.807) is 4.90 Å². The summed E-state index contributed by atoms with van der Waals surface area (Å²) in [5.41, 5.74) is 2.57. The molecule has 0 bridgehead atoms. The number of piperidine rings is 1. The number of nitrogens with zero attached hydrogens (tertiary/aromatic N) is 1. The van der Waals surface area contributed by atoms with Gasteiger partial charge >= 0.3 is 5.97 Å². The lowest BCUT2D eigenvalue weighted by atomic mass is 9.92. The van der Waals surface area contributed by atoms with Crippen molar-refractivity contribution < 1.29 is 14.7 Å². The van der Waals surface area contributed by atoms with Crippen molar-refractivity contribution in [2.45, 2.75) is 39.7 Å². The Morgan fingerprint density at radius 3 is 2.52 bits per heavy atom. The molecule has 1 aliphatic rings. The minimum atomic E-state index is -0.816. The molecule has 1 heterocycles. The summed E-state index contributed by atoms with van der Waals surface area (Å²) in [6.07, 6.45) is 1.37. The number of aliphatic carboxylic acids is 1. The van der Waals surface area contributed by atoms with Crippen LogP contribution in [-0.4, -0.2) is 34.5 Å². The van der Waals surface area contributed by atoms with Crippen LogP contribution < -0.4 is 0 Å². The molecule has 114 valence electrons. The van der Waals surface area contributed by atoms with E-state index in [1.807, 2.05) is 32.9 Å². The first-order valence-electron chi connectivity index (χ1n) is 7.11. The van der Waals surface area contributed by atoms with Crippen LogP contribution in [0.2, 0.25) is 0 Å². The third-order valence-electron chi connectivity index (χ3n) is 4.23. The number of rotatable bonds is 2. The lowest BCUT2D eigenvalue weighted by Gasteiger charge is -2.37. The molecule has 1 saturated heterocycles. The number of carboxylic acid groups (broad SMARTS) is 1. The molecule has 0 spiro atoms. The van der Waals surface area contributed by atoms with Gasteiger partial charge in [0, 0.05) is 22.6 Å². The van der Waals surface area contributed by atoms with Crippen molar-refractivity contribution in [3.63, 3.8) is 0 Å². The van der Waals surface area contributed by atoms with E-state index >= 15 is 0 Å². The van der Waals surface area contributed by atoms with Gasteiger partial charge in [0.15, 0.2) is 0 Å². The number of aryl methyl sites for hydroxylation is 2. The van der Waals surface area contributed by atoms with Crippen LogP contribution in [0.4, 0.5) is 0 Å². The zero-order valence-corrected chi connectivity index (χ0v) is 14.1. The fraction of sp³-hybridized carbons (Fsp3) is 0.500. The lowest BCUT2D eigenvalue weighted by molar-refractivity contribution is -0.143. The molecule has 1 amide bonds. The number of carboxylic acids is 1.